The molecule has 0 amide bonds. The first-order valence-corrected chi connectivity index (χ1v) is 3.87. The Balaban J connectivity index is 2.96. The fourth-order valence-electron chi connectivity index (χ4n) is 0.826. The van der Waals surface area contributed by atoms with Gasteiger partial charge in [0.15, 0.2) is 11.3 Å². The molecule has 3 heteroatoms. The molecule has 0 unspecified atom stereocenters. The number of benzene rings is 1. The molecule has 2 nitrogen and oxygen atoms in total. The molecule has 1 aromatic rings. The maximum atomic E-state index is 10.5. The number of para-hydroxylation sites is 1. The zero-order chi connectivity index (χ0) is 8.97. The minimum Gasteiger partial charge on any atom is -0.450 e. The minimum atomic E-state index is 0.407. The summed E-state index contributed by atoms with van der Waals surface area (Å²) in [6, 6.07) is 6.95. The lowest BCUT2D eigenvalue weighted by atomic mass is 10.2. The lowest BCUT2D eigenvalue weighted by Crippen LogP contribution is -2.00. The summed E-state index contributed by atoms with van der Waals surface area (Å²) in [5.74, 6) is 0.514. The van der Waals surface area contributed by atoms with E-state index in [0.717, 1.165) is 6.29 Å². The van der Waals surface area contributed by atoms with Crippen LogP contribution in [0.5, 0.6) is 5.75 Å². The Morgan fingerprint density at radius 2 is 2.17 bits per heavy atom. The van der Waals surface area contributed by atoms with Crippen molar-refractivity contribution in [1.82, 2.24) is 0 Å². The first-order valence-electron chi connectivity index (χ1n) is 3.46. The van der Waals surface area contributed by atoms with Crippen molar-refractivity contribution in [3.05, 3.63) is 29.8 Å². The Morgan fingerprint density at radius 1 is 1.50 bits per heavy atom. The van der Waals surface area contributed by atoms with E-state index in [1.54, 1.807) is 31.2 Å². The van der Waals surface area contributed by atoms with Crippen LogP contribution in [0, 0.1) is 0 Å². The first-order chi connectivity index (χ1) is 5.74. The molecule has 0 N–H and O–H groups in total. The average Bonchev–Trinajstić information content (AvgIpc) is 2.04. The second kappa shape index (κ2) is 3.97. The molecule has 0 heterocycles. The van der Waals surface area contributed by atoms with Gasteiger partial charge < -0.3 is 4.74 Å². The van der Waals surface area contributed by atoms with E-state index >= 15 is 0 Å². The molecule has 0 fully saturated rings. The number of carbonyl (C=O) groups is 1. The normalized spacial score (nSPS) is 9.08. The summed E-state index contributed by atoms with van der Waals surface area (Å²) < 4.78 is 5.14. The number of rotatable bonds is 2. The third-order valence-corrected chi connectivity index (χ3v) is 1.38. The lowest BCUT2D eigenvalue weighted by molar-refractivity contribution is 0.112. The number of hydrogen-bond acceptors (Lipinski definition) is 3. The van der Waals surface area contributed by atoms with Gasteiger partial charge in [-0.05, 0) is 24.4 Å². The van der Waals surface area contributed by atoms with Crippen LogP contribution in [0.2, 0.25) is 0 Å². The predicted molar refractivity (Wildman–Crippen MR) is 50.7 cm³/mol. The van der Waals surface area contributed by atoms with Gasteiger partial charge in [-0.3, -0.25) is 4.79 Å². The highest BCUT2D eigenvalue weighted by Crippen LogP contribution is 2.15. The summed E-state index contributed by atoms with van der Waals surface area (Å²) in [7, 11) is 0. The van der Waals surface area contributed by atoms with Gasteiger partial charge in [-0.2, -0.15) is 0 Å². The fourth-order valence-corrected chi connectivity index (χ4v) is 0.915. The van der Waals surface area contributed by atoms with E-state index in [4.69, 9.17) is 17.0 Å². The monoisotopic (exact) mass is 180 g/mol. The van der Waals surface area contributed by atoms with Crippen LogP contribution in [0.4, 0.5) is 0 Å². The molecule has 0 radical (unpaired) electrons. The summed E-state index contributed by atoms with van der Waals surface area (Å²) in [6.07, 6.45) is 0.744. The maximum Gasteiger partial charge on any atom is 0.164 e. The summed E-state index contributed by atoms with van der Waals surface area (Å²) >= 11 is 4.75. The van der Waals surface area contributed by atoms with Gasteiger partial charge in [0, 0.05) is 6.92 Å². The molecule has 0 bridgehead atoms. The van der Waals surface area contributed by atoms with Crippen LogP contribution in [0.15, 0.2) is 24.3 Å². The van der Waals surface area contributed by atoms with Crippen LogP contribution in [0.25, 0.3) is 0 Å². The van der Waals surface area contributed by atoms with E-state index in [1.807, 2.05) is 0 Å². The van der Waals surface area contributed by atoms with E-state index in [0.29, 0.717) is 16.4 Å². The third-order valence-electron chi connectivity index (χ3n) is 1.30. The summed E-state index contributed by atoms with van der Waals surface area (Å²) in [5, 5.41) is 0.407. The van der Waals surface area contributed by atoms with Gasteiger partial charge in [-0.15, -0.1) is 0 Å². The van der Waals surface area contributed by atoms with Gasteiger partial charge in [0.1, 0.15) is 5.75 Å². The van der Waals surface area contributed by atoms with Crippen molar-refractivity contribution >= 4 is 23.6 Å². The van der Waals surface area contributed by atoms with E-state index in [9.17, 15) is 4.79 Å². The van der Waals surface area contributed by atoms with E-state index < -0.39 is 0 Å². The molecule has 0 atom stereocenters. The largest absolute Gasteiger partial charge is 0.450 e. The number of aldehydes is 1. The average molecular weight is 180 g/mol. The lowest BCUT2D eigenvalue weighted by Gasteiger charge is -2.04. The van der Waals surface area contributed by atoms with Crippen molar-refractivity contribution in [2.75, 3.05) is 0 Å². The molecule has 12 heavy (non-hydrogen) atoms. The molecule has 0 spiro atoms. The van der Waals surface area contributed by atoms with Gasteiger partial charge in [-0.25, -0.2) is 0 Å². The maximum absolute atomic E-state index is 10.5. The van der Waals surface area contributed by atoms with Crippen molar-refractivity contribution in [1.29, 1.82) is 0 Å². The van der Waals surface area contributed by atoms with Crippen LogP contribution in [-0.2, 0) is 0 Å². The number of thiocarbonyl (C=S) groups is 1. The van der Waals surface area contributed by atoms with E-state index in [1.165, 1.54) is 0 Å². The standard InChI is InChI=1S/C9H8O2S/c1-7(12)11-9-5-3-2-4-8(9)6-10/h2-6H,1H3. The molecule has 0 saturated carbocycles. The highest BCUT2D eigenvalue weighted by molar-refractivity contribution is 7.80. The predicted octanol–water partition coefficient (Wildman–Crippen LogP) is 2.23. The van der Waals surface area contributed by atoms with Gasteiger partial charge in [-0.1, -0.05) is 12.1 Å². The van der Waals surface area contributed by atoms with Crippen LogP contribution in [0.3, 0.4) is 0 Å². The Bertz CT molecular complexity index is 307. The summed E-state index contributed by atoms with van der Waals surface area (Å²) in [6.45, 7) is 1.66. The highest BCUT2D eigenvalue weighted by atomic mass is 32.1. The molecule has 0 aromatic heterocycles. The molecular formula is C9H8O2S. The molecule has 0 aliphatic heterocycles. The number of hydrogen-bond donors (Lipinski definition) is 0. The summed E-state index contributed by atoms with van der Waals surface area (Å²) in [5.41, 5.74) is 0.515. The smallest absolute Gasteiger partial charge is 0.164 e. The molecular weight excluding hydrogens is 172 g/mol. The van der Waals surface area contributed by atoms with Gasteiger partial charge in [0.25, 0.3) is 0 Å². The van der Waals surface area contributed by atoms with Gasteiger partial charge in [0.05, 0.1) is 5.56 Å². The number of carbonyl (C=O) groups excluding carboxylic acids is 1. The molecule has 1 aromatic carbocycles. The Hall–Kier alpha value is -1.22. The summed E-state index contributed by atoms with van der Waals surface area (Å²) in [4.78, 5) is 10.5. The first kappa shape index (κ1) is 8.87. The second-order valence-electron chi connectivity index (χ2n) is 2.25. The van der Waals surface area contributed by atoms with Crippen molar-refractivity contribution < 1.29 is 9.53 Å². The van der Waals surface area contributed by atoms with Crippen LogP contribution in [-0.4, -0.2) is 11.3 Å². The minimum absolute atomic E-state index is 0.407. The van der Waals surface area contributed by atoms with Crippen LogP contribution >= 0.6 is 12.2 Å². The van der Waals surface area contributed by atoms with Crippen molar-refractivity contribution in [2.45, 2.75) is 6.92 Å². The number of ether oxygens (including phenoxy) is 1. The SMILES string of the molecule is CC(=S)Oc1ccccc1C=O. The molecule has 1 rings (SSSR count). The third kappa shape index (κ3) is 2.13. The molecule has 0 saturated heterocycles. The van der Waals surface area contributed by atoms with Gasteiger partial charge >= 0.3 is 0 Å². The quantitative estimate of drug-likeness (QED) is 0.515. The van der Waals surface area contributed by atoms with E-state index in [-0.39, 0.29) is 0 Å². The Labute approximate surface area is 76.2 Å². The van der Waals surface area contributed by atoms with E-state index in [2.05, 4.69) is 0 Å². The zero-order valence-corrected chi connectivity index (χ0v) is 7.43. The second-order valence-corrected chi connectivity index (χ2v) is 2.82. The molecule has 62 valence electrons. The molecule has 0 aliphatic rings. The van der Waals surface area contributed by atoms with Gasteiger partial charge in [0.2, 0.25) is 0 Å². The Morgan fingerprint density at radius 3 is 2.75 bits per heavy atom. The fraction of sp³-hybridized carbons (Fsp3) is 0.111. The zero-order valence-electron chi connectivity index (χ0n) is 6.61. The van der Waals surface area contributed by atoms with Crippen molar-refractivity contribution in [3.8, 4) is 5.75 Å². The van der Waals surface area contributed by atoms with Crippen LogP contribution < -0.4 is 4.74 Å². The van der Waals surface area contributed by atoms with Crippen molar-refractivity contribution in [3.63, 3.8) is 0 Å². The Kier molecular flexibility index (Phi) is 2.94. The highest BCUT2D eigenvalue weighted by Gasteiger charge is 2.00. The topological polar surface area (TPSA) is 26.3 Å². The molecule has 0 aliphatic carbocycles. The van der Waals surface area contributed by atoms with Crippen LogP contribution in [0.1, 0.15) is 17.3 Å². The van der Waals surface area contributed by atoms with Crippen molar-refractivity contribution in [2.24, 2.45) is 0 Å².